The Bertz CT molecular complexity index is 411. The van der Waals surface area contributed by atoms with Gasteiger partial charge in [0.1, 0.15) is 0 Å². The van der Waals surface area contributed by atoms with Gasteiger partial charge in [0, 0.05) is 0 Å². The molecule has 0 saturated carbocycles. The largest absolute Gasteiger partial charge is 0.328 e. The molecule has 2 aromatic rings. The van der Waals surface area contributed by atoms with Crippen LogP contribution in [0.2, 0.25) is 0 Å². The van der Waals surface area contributed by atoms with E-state index in [2.05, 4.69) is 36.4 Å². The second kappa shape index (κ2) is 8.56. The van der Waals surface area contributed by atoms with Gasteiger partial charge in [-0.25, -0.2) is 0 Å². The molecule has 0 heterocycles. The Hall–Kier alpha value is -1.51. The topological polar surface area (TPSA) is 60.7 Å². The minimum Gasteiger partial charge on any atom is -0.328 e. The molecule has 0 aliphatic carbocycles. The van der Waals surface area contributed by atoms with Crippen LogP contribution in [0.1, 0.15) is 11.1 Å². The first-order chi connectivity index (χ1) is 8.68. The highest BCUT2D eigenvalue weighted by atomic mass is 31.2. The van der Waals surface area contributed by atoms with Gasteiger partial charge in [0.2, 0.25) is 0 Å². The Morgan fingerprint density at radius 1 is 0.611 bits per heavy atom. The van der Waals surface area contributed by atoms with E-state index in [9.17, 15) is 0 Å². The van der Waals surface area contributed by atoms with Crippen molar-refractivity contribution in [2.24, 2.45) is 0 Å². The molecule has 0 aliphatic rings. The monoisotopic (exact) mass is 262 g/mol. The zero-order valence-electron chi connectivity index (χ0n) is 9.72. The van der Waals surface area contributed by atoms with E-state index in [4.69, 9.17) is 14.7 Å². The van der Waals surface area contributed by atoms with E-state index in [0.29, 0.717) is 0 Å². The molecular weight excluding hydrogens is 247 g/mol. The molecule has 18 heavy (non-hydrogen) atoms. The molecular formula is C14H15O3P. The highest BCUT2D eigenvalue weighted by molar-refractivity contribution is 7.38. The molecule has 0 radical (unpaired) electrons. The summed E-state index contributed by atoms with van der Waals surface area (Å²) in [6.45, 7) is 0. The number of rotatable bonds is 2. The van der Waals surface area contributed by atoms with Gasteiger partial charge in [-0.2, -0.15) is 0 Å². The van der Waals surface area contributed by atoms with Gasteiger partial charge in [0.05, 0.1) is 0 Å². The maximum absolute atomic E-state index is 7.23. The molecule has 0 atom stereocenters. The summed E-state index contributed by atoms with van der Waals surface area (Å²) in [7, 11) is -2.62. The lowest BCUT2D eigenvalue weighted by molar-refractivity contribution is 0.368. The van der Waals surface area contributed by atoms with E-state index in [1.165, 1.54) is 11.1 Å². The average Bonchev–Trinajstić information content (AvgIpc) is 2.38. The first kappa shape index (κ1) is 14.6. The van der Waals surface area contributed by atoms with Crippen molar-refractivity contribution in [2.45, 2.75) is 0 Å². The van der Waals surface area contributed by atoms with Crippen LogP contribution < -0.4 is 0 Å². The minimum atomic E-state index is -2.62. The lowest BCUT2D eigenvalue weighted by Gasteiger charge is -1.92. The van der Waals surface area contributed by atoms with Crippen LogP contribution in [0.3, 0.4) is 0 Å². The third kappa shape index (κ3) is 6.94. The second-order valence-corrected chi connectivity index (χ2v) is 3.96. The van der Waals surface area contributed by atoms with E-state index < -0.39 is 8.60 Å². The first-order valence-electron chi connectivity index (χ1n) is 5.33. The van der Waals surface area contributed by atoms with Crippen molar-refractivity contribution in [3.63, 3.8) is 0 Å². The minimum absolute atomic E-state index is 1.23. The van der Waals surface area contributed by atoms with Crippen LogP contribution in [0.4, 0.5) is 0 Å². The van der Waals surface area contributed by atoms with Crippen molar-refractivity contribution in [3.8, 4) is 0 Å². The van der Waals surface area contributed by atoms with Crippen molar-refractivity contribution >= 4 is 20.8 Å². The zero-order valence-corrected chi connectivity index (χ0v) is 10.6. The molecule has 0 saturated heterocycles. The summed E-state index contributed by atoms with van der Waals surface area (Å²) in [5.41, 5.74) is 2.47. The molecule has 0 bridgehead atoms. The fourth-order valence-electron chi connectivity index (χ4n) is 1.32. The average molecular weight is 262 g/mol. The van der Waals surface area contributed by atoms with Crippen molar-refractivity contribution in [3.05, 3.63) is 71.8 Å². The number of hydrogen-bond donors (Lipinski definition) is 3. The molecule has 2 aromatic carbocycles. The number of benzene rings is 2. The highest BCUT2D eigenvalue weighted by Crippen LogP contribution is 2.11. The SMILES string of the molecule is C(=Cc1ccccc1)c1ccccc1.OP(O)O. The molecule has 3 N–H and O–H groups in total. The summed E-state index contributed by atoms with van der Waals surface area (Å²) in [6.07, 6.45) is 4.24. The third-order valence-corrected chi connectivity index (χ3v) is 2.07. The summed E-state index contributed by atoms with van der Waals surface area (Å²) < 4.78 is 0. The summed E-state index contributed by atoms with van der Waals surface area (Å²) in [5.74, 6) is 0. The van der Waals surface area contributed by atoms with Gasteiger partial charge in [0.25, 0.3) is 0 Å². The lowest BCUT2D eigenvalue weighted by Crippen LogP contribution is -1.70. The van der Waals surface area contributed by atoms with E-state index in [1.54, 1.807) is 0 Å². The van der Waals surface area contributed by atoms with Gasteiger partial charge in [-0.3, -0.25) is 0 Å². The molecule has 94 valence electrons. The summed E-state index contributed by atoms with van der Waals surface area (Å²) in [4.78, 5) is 21.7. The predicted molar refractivity (Wildman–Crippen MR) is 75.4 cm³/mol. The van der Waals surface area contributed by atoms with Crippen LogP contribution in [-0.2, 0) is 0 Å². The molecule has 0 amide bonds. The normalized spacial score (nSPS) is 10.2. The van der Waals surface area contributed by atoms with Crippen molar-refractivity contribution in [2.75, 3.05) is 0 Å². The lowest BCUT2D eigenvalue weighted by atomic mass is 10.1. The Labute approximate surface area is 108 Å². The predicted octanol–water partition coefficient (Wildman–Crippen LogP) is 3.05. The molecule has 0 fully saturated rings. The van der Waals surface area contributed by atoms with Crippen LogP contribution in [0, 0.1) is 0 Å². The fourth-order valence-corrected chi connectivity index (χ4v) is 1.32. The Morgan fingerprint density at radius 2 is 0.889 bits per heavy atom. The molecule has 0 spiro atoms. The van der Waals surface area contributed by atoms with Crippen molar-refractivity contribution in [1.29, 1.82) is 0 Å². The van der Waals surface area contributed by atoms with Crippen LogP contribution in [0.25, 0.3) is 12.2 Å². The van der Waals surface area contributed by atoms with Gasteiger partial charge >= 0.3 is 8.60 Å². The molecule has 0 unspecified atom stereocenters. The summed E-state index contributed by atoms with van der Waals surface area (Å²) in [6, 6.07) is 20.6. The van der Waals surface area contributed by atoms with Gasteiger partial charge in [0.15, 0.2) is 0 Å². The molecule has 0 aliphatic heterocycles. The third-order valence-electron chi connectivity index (χ3n) is 2.07. The van der Waals surface area contributed by atoms with Crippen LogP contribution in [0.15, 0.2) is 60.7 Å². The summed E-state index contributed by atoms with van der Waals surface area (Å²) >= 11 is 0. The van der Waals surface area contributed by atoms with Gasteiger partial charge in [-0.15, -0.1) is 0 Å². The van der Waals surface area contributed by atoms with Crippen LogP contribution in [0.5, 0.6) is 0 Å². The molecule has 0 aromatic heterocycles. The van der Waals surface area contributed by atoms with E-state index in [1.807, 2.05) is 36.4 Å². The van der Waals surface area contributed by atoms with Gasteiger partial charge in [-0.05, 0) is 11.1 Å². The maximum atomic E-state index is 7.23. The summed E-state index contributed by atoms with van der Waals surface area (Å²) in [5, 5.41) is 0. The quantitative estimate of drug-likeness (QED) is 0.576. The van der Waals surface area contributed by atoms with Crippen molar-refractivity contribution in [1.82, 2.24) is 0 Å². The van der Waals surface area contributed by atoms with Gasteiger partial charge in [-0.1, -0.05) is 72.8 Å². The number of hydrogen-bond acceptors (Lipinski definition) is 3. The van der Waals surface area contributed by atoms with Crippen LogP contribution in [-0.4, -0.2) is 14.7 Å². The van der Waals surface area contributed by atoms with E-state index in [-0.39, 0.29) is 0 Å². The molecule has 2 rings (SSSR count). The maximum Gasteiger partial charge on any atom is 0.324 e. The van der Waals surface area contributed by atoms with E-state index in [0.717, 1.165) is 0 Å². The van der Waals surface area contributed by atoms with Crippen LogP contribution >= 0.6 is 8.60 Å². The Morgan fingerprint density at radius 3 is 1.17 bits per heavy atom. The second-order valence-electron chi connectivity index (χ2n) is 3.42. The Balaban J connectivity index is 0.000000357. The van der Waals surface area contributed by atoms with Crippen molar-refractivity contribution < 1.29 is 14.7 Å². The zero-order chi connectivity index (χ0) is 13.2. The Kier molecular flexibility index (Phi) is 6.92. The van der Waals surface area contributed by atoms with E-state index >= 15 is 0 Å². The highest BCUT2D eigenvalue weighted by Gasteiger charge is 1.84. The standard InChI is InChI=1S/C14H12.H3O3P/c1-3-7-13(8-4-1)11-12-14-9-5-2-6-10-14;1-4(2)3/h1-12H;1-3H. The molecule has 3 nitrogen and oxygen atoms in total. The van der Waals surface area contributed by atoms with Gasteiger partial charge < -0.3 is 14.7 Å². The smallest absolute Gasteiger partial charge is 0.324 e. The first-order valence-corrected chi connectivity index (χ1v) is 6.53. The molecule has 4 heteroatoms. The fraction of sp³-hybridized carbons (Fsp3) is 0.